The summed E-state index contributed by atoms with van der Waals surface area (Å²) in [7, 11) is -2.09. The van der Waals surface area contributed by atoms with Crippen LogP contribution in [-0.2, 0) is 26.1 Å². The number of sulfonamides is 1. The Morgan fingerprint density at radius 3 is 2.32 bits per heavy atom. The van der Waals surface area contributed by atoms with Crippen LogP contribution in [0.15, 0.2) is 53.4 Å². The molecule has 1 fully saturated rings. The summed E-state index contributed by atoms with van der Waals surface area (Å²) in [5.41, 5.74) is 1.09. The Labute approximate surface area is 200 Å². The fourth-order valence-electron chi connectivity index (χ4n) is 3.60. The zero-order valence-corrected chi connectivity index (χ0v) is 20.4. The third-order valence-electron chi connectivity index (χ3n) is 5.59. The normalized spacial score (nSPS) is 15.5. The van der Waals surface area contributed by atoms with Gasteiger partial charge in [0, 0.05) is 19.6 Å². The molecule has 0 radical (unpaired) electrons. The molecular formula is C24H31N3O6S. The van der Waals surface area contributed by atoms with Crippen molar-refractivity contribution in [3.8, 4) is 5.75 Å². The highest BCUT2D eigenvalue weighted by Gasteiger charge is 2.27. The summed E-state index contributed by atoms with van der Waals surface area (Å²) >= 11 is 0. The molecule has 2 aromatic rings. The van der Waals surface area contributed by atoms with E-state index in [2.05, 4.69) is 10.6 Å². The number of para-hydroxylation sites is 1. The molecule has 0 aliphatic carbocycles. The molecule has 2 amide bonds. The second-order valence-corrected chi connectivity index (χ2v) is 10.2. The molecule has 0 aromatic heterocycles. The van der Waals surface area contributed by atoms with Crippen molar-refractivity contribution in [3.63, 3.8) is 0 Å². The third-order valence-corrected chi connectivity index (χ3v) is 7.50. The molecule has 0 bridgehead atoms. The van der Waals surface area contributed by atoms with E-state index in [-0.39, 0.29) is 23.3 Å². The van der Waals surface area contributed by atoms with Crippen molar-refractivity contribution in [2.75, 3.05) is 33.4 Å². The predicted octanol–water partition coefficient (Wildman–Crippen LogP) is 1.79. The molecule has 2 N–H and O–H groups in total. The van der Waals surface area contributed by atoms with Crippen LogP contribution in [0.4, 0.5) is 0 Å². The average Bonchev–Trinajstić information content (AvgIpc) is 2.86. The zero-order valence-electron chi connectivity index (χ0n) is 19.6. The smallest absolute Gasteiger partial charge is 0.255 e. The van der Waals surface area contributed by atoms with E-state index in [4.69, 9.17) is 9.47 Å². The van der Waals surface area contributed by atoms with E-state index in [1.807, 2.05) is 13.8 Å². The van der Waals surface area contributed by atoms with Gasteiger partial charge in [-0.15, -0.1) is 0 Å². The van der Waals surface area contributed by atoms with Crippen molar-refractivity contribution < 1.29 is 27.5 Å². The summed E-state index contributed by atoms with van der Waals surface area (Å²) in [6, 6.07) is 12.5. The van der Waals surface area contributed by atoms with Gasteiger partial charge >= 0.3 is 0 Å². The molecule has 1 heterocycles. The predicted molar refractivity (Wildman–Crippen MR) is 127 cm³/mol. The number of morpholine rings is 1. The first kappa shape index (κ1) is 25.7. The van der Waals surface area contributed by atoms with Gasteiger partial charge in [-0.1, -0.05) is 38.1 Å². The van der Waals surface area contributed by atoms with E-state index in [1.54, 1.807) is 36.4 Å². The second kappa shape index (κ2) is 11.5. The van der Waals surface area contributed by atoms with Crippen molar-refractivity contribution in [2.45, 2.75) is 31.3 Å². The van der Waals surface area contributed by atoms with Gasteiger partial charge in [-0.05, 0) is 35.7 Å². The quantitative estimate of drug-likeness (QED) is 0.555. The molecule has 0 spiro atoms. The first-order valence-electron chi connectivity index (χ1n) is 11.1. The van der Waals surface area contributed by atoms with Gasteiger partial charge in [0.25, 0.3) is 5.91 Å². The lowest BCUT2D eigenvalue weighted by molar-refractivity contribution is -0.124. The first-order valence-corrected chi connectivity index (χ1v) is 12.6. The highest BCUT2D eigenvalue weighted by Crippen LogP contribution is 2.19. The lowest BCUT2D eigenvalue weighted by atomic mass is 10.0. The lowest BCUT2D eigenvalue weighted by Gasteiger charge is -2.26. The minimum atomic E-state index is -3.57. The maximum atomic E-state index is 12.8. The number of ether oxygens (including phenoxy) is 2. The van der Waals surface area contributed by atoms with Gasteiger partial charge in [0.15, 0.2) is 0 Å². The molecule has 10 heteroatoms. The van der Waals surface area contributed by atoms with Crippen molar-refractivity contribution >= 4 is 21.8 Å². The Morgan fingerprint density at radius 1 is 1.06 bits per heavy atom. The van der Waals surface area contributed by atoms with Crippen molar-refractivity contribution in [1.82, 2.24) is 14.9 Å². The summed E-state index contributed by atoms with van der Waals surface area (Å²) in [5.74, 6) is -0.457. The summed E-state index contributed by atoms with van der Waals surface area (Å²) < 4.78 is 37.4. The van der Waals surface area contributed by atoms with Gasteiger partial charge in [-0.25, -0.2) is 8.42 Å². The number of nitrogens with one attached hydrogen (secondary N) is 2. The van der Waals surface area contributed by atoms with Gasteiger partial charge in [0.2, 0.25) is 15.9 Å². The number of hydrogen-bond acceptors (Lipinski definition) is 6. The summed E-state index contributed by atoms with van der Waals surface area (Å²) in [4.78, 5) is 25.8. The lowest BCUT2D eigenvalue weighted by Crippen LogP contribution is -2.49. The van der Waals surface area contributed by atoms with Crippen LogP contribution in [0.1, 0.15) is 29.8 Å². The maximum absolute atomic E-state index is 12.8. The zero-order chi connectivity index (χ0) is 24.7. The van der Waals surface area contributed by atoms with Crippen molar-refractivity contribution in [3.05, 3.63) is 59.7 Å². The van der Waals surface area contributed by atoms with Gasteiger partial charge in [-0.2, -0.15) is 4.31 Å². The van der Waals surface area contributed by atoms with Crippen molar-refractivity contribution in [2.24, 2.45) is 5.92 Å². The molecule has 0 unspecified atom stereocenters. The highest BCUT2D eigenvalue weighted by molar-refractivity contribution is 7.89. The number of hydrogen-bond donors (Lipinski definition) is 2. The Balaban J connectivity index is 1.62. The van der Waals surface area contributed by atoms with Gasteiger partial charge in [0.1, 0.15) is 11.8 Å². The van der Waals surface area contributed by atoms with Crippen LogP contribution in [0.3, 0.4) is 0 Å². The summed E-state index contributed by atoms with van der Waals surface area (Å²) in [6.45, 7) is 5.32. The van der Waals surface area contributed by atoms with Crippen LogP contribution in [0, 0.1) is 5.92 Å². The van der Waals surface area contributed by atoms with E-state index in [1.165, 1.54) is 23.5 Å². The molecule has 1 atom stereocenters. The molecule has 34 heavy (non-hydrogen) atoms. The van der Waals surface area contributed by atoms with Crippen LogP contribution in [-0.4, -0.2) is 64.0 Å². The highest BCUT2D eigenvalue weighted by atomic mass is 32.2. The monoisotopic (exact) mass is 489 g/mol. The fraction of sp³-hybridized carbons (Fsp3) is 0.417. The molecule has 3 rings (SSSR count). The minimum absolute atomic E-state index is 0.153. The Kier molecular flexibility index (Phi) is 8.65. The fourth-order valence-corrected chi connectivity index (χ4v) is 5.01. The molecule has 0 saturated carbocycles. The SMILES string of the molecule is COc1ccccc1C(=O)N[C@H](C(=O)NCc1ccc(S(=O)(=O)N2CCOCC2)cc1)C(C)C. The van der Waals surface area contributed by atoms with Gasteiger partial charge < -0.3 is 20.1 Å². The average molecular weight is 490 g/mol. The third kappa shape index (κ3) is 6.13. The van der Waals surface area contributed by atoms with E-state index >= 15 is 0 Å². The number of methoxy groups -OCH3 is 1. The Morgan fingerprint density at radius 2 is 1.71 bits per heavy atom. The topological polar surface area (TPSA) is 114 Å². The standard InChI is InChI=1S/C24H31N3O6S/c1-17(2)22(26-23(28)20-6-4-5-7-21(20)32-3)24(29)25-16-18-8-10-19(11-9-18)34(30,31)27-12-14-33-15-13-27/h4-11,17,22H,12-16H2,1-3H3,(H,25,29)(H,26,28)/t22-/m0/s1. The Bertz CT molecular complexity index is 1100. The van der Waals surface area contributed by atoms with Crippen LogP contribution in [0.2, 0.25) is 0 Å². The molecular weight excluding hydrogens is 458 g/mol. The minimum Gasteiger partial charge on any atom is -0.496 e. The molecule has 184 valence electrons. The molecule has 1 aliphatic rings. The number of nitrogens with zero attached hydrogens (tertiary/aromatic N) is 1. The molecule has 2 aromatic carbocycles. The van der Waals surface area contributed by atoms with Crippen LogP contribution < -0.4 is 15.4 Å². The molecule has 1 aliphatic heterocycles. The molecule has 9 nitrogen and oxygen atoms in total. The maximum Gasteiger partial charge on any atom is 0.255 e. The first-order chi connectivity index (χ1) is 16.2. The largest absolute Gasteiger partial charge is 0.496 e. The number of carbonyl (C=O) groups is 2. The number of benzene rings is 2. The second-order valence-electron chi connectivity index (χ2n) is 8.27. The summed E-state index contributed by atoms with van der Waals surface area (Å²) in [6.07, 6.45) is 0. The van der Waals surface area contributed by atoms with Crippen molar-refractivity contribution in [1.29, 1.82) is 0 Å². The number of rotatable bonds is 9. The molecule has 1 saturated heterocycles. The number of carbonyl (C=O) groups excluding carboxylic acids is 2. The van der Waals surface area contributed by atoms with E-state index in [0.29, 0.717) is 37.6 Å². The van der Waals surface area contributed by atoms with E-state index in [9.17, 15) is 18.0 Å². The number of amides is 2. The van der Waals surface area contributed by atoms with Crippen LogP contribution in [0.25, 0.3) is 0 Å². The summed E-state index contributed by atoms with van der Waals surface area (Å²) in [5, 5.41) is 5.61. The Hall–Kier alpha value is -2.95. The van der Waals surface area contributed by atoms with Crippen LogP contribution >= 0.6 is 0 Å². The van der Waals surface area contributed by atoms with E-state index < -0.39 is 22.0 Å². The van der Waals surface area contributed by atoms with Gasteiger partial charge in [-0.3, -0.25) is 9.59 Å². The van der Waals surface area contributed by atoms with Crippen LogP contribution in [0.5, 0.6) is 5.75 Å². The van der Waals surface area contributed by atoms with E-state index in [0.717, 1.165) is 5.56 Å². The van der Waals surface area contributed by atoms with Gasteiger partial charge in [0.05, 0.1) is 30.8 Å².